The number of likely N-dealkylation sites (tertiary alicyclic amines) is 1. The molecule has 4 rings (SSSR count). The third-order valence-corrected chi connectivity index (χ3v) is 5.58. The number of amides is 1. The number of carboxylic acids is 1. The highest BCUT2D eigenvalue weighted by Gasteiger charge is 2.47. The zero-order chi connectivity index (χ0) is 18.4. The number of rotatable bonds is 2. The van der Waals surface area contributed by atoms with Crippen molar-refractivity contribution < 1.29 is 14.7 Å². The van der Waals surface area contributed by atoms with Gasteiger partial charge in [0.15, 0.2) is 0 Å². The van der Waals surface area contributed by atoms with Gasteiger partial charge in [-0.3, -0.25) is 14.4 Å². The van der Waals surface area contributed by atoms with Crippen molar-refractivity contribution >= 4 is 22.9 Å². The summed E-state index contributed by atoms with van der Waals surface area (Å²) in [7, 11) is 0. The van der Waals surface area contributed by atoms with E-state index in [1.807, 2.05) is 0 Å². The van der Waals surface area contributed by atoms with Crippen molar-refractivity contribution in [3.63, 3.8) is 0 Å². The van der Waals surface area contributed by atoms with E-state index in [9.17, 15) is 24.3 Å². The summed E-state index contributed by atoms with van der Waals surface area (Å²) in [5.74, 6) is -1.10. The molecular weight excluding hydrogens is 338 g/mol. The Labute approximate surface area is 147 Å². The molecule has 3 N–H and O–H groups in total. The summed E-state index contributed by atoms with van der Waals surface area (Å²) in [6.45, 7) is 0. The number of carbonyl (C=O) groups excluding carboxylic acids is 1. The third-order valence-electron chi connectivity index (χ3n) is 5.58. The molecule has 1 aliphatic heterocycles. The molecule has 2 fully saturated rings. The molecule has 0 spiro atoms. The van der Waals surface area contributed by atoms with Crippen LogP contribution in [0.4, 0.5) is 0 Å². The van der Waals surface area contributed by atoms with Crippen LogP contribution in [0.3, 0.4) is 0 Å². The summed E-state index contributed by atoms with van der Waals surface area (Å²) in [5.41, 5.74) is -0.492. The highest BCUT2D eigenvalue weighted by Crippen LogP contribution is 2.40. The number of carbonyl (C=O) groups is 2. The molecule has 3 atom stereocenters. The fourth-order valence-corrected chi connectivity index (χ4v) is 4.37. The van der Waals surface area contributed by atoms with E-state index in [2.05, 4.69) is 9.97 Å². The summed E-state index contributed by atoms with van der Waals surface area (Å²) >= 11 is 0. The molecule has 1 aliphatic carbocycles. The summed E-state index contributed by atoms with van der Waals surface area (Å²) in [5, 5.41) is 9.58. The molecule has 1 saturated heterocycles. The minimum Gasteiger partial charge on any atom is -0.480 e. The number of nitrogens with zero attached hydrogens (tertiary/aromatic N) is 1. The second-order valence-corrected chi connectivity index (χ2v) is 7.08. The van der Waals surface area contributed by atoms with Crippen LogP contribution in [-0.4, -0.2) is 43.9 Å². The SMILES string of the molecule is O=C(O)C1CC2CCCCC2N1C(=O)c1ccc2[nH]c(=O)c(=O)[nH]c2c1. The van der Waals surface area contributed by atoms with Gasteiger partial charge in [-0.05, 0) is 43.4 Å². The van der Waals surface area contributed by atoms with Crippen LogP contribution in [0.15, 0.2) is 27.8 Å². The molecule has 0 radical (unpaired) electrons. The summed E-state index contributed by atoms with van der Waals surface area (Å²) < 4.78 is 0. The van der Waals surface area contributed by atoms with Gasteiger partial charge in [0.1, 0.15) is 6.04 Å². The number of aliphatic carboxylic acids is 1. The minimum atomic E-state index is -0.980. The Balaban J connectivity index is 1.74. The van der Waals surface area contributed by atoms with E-state index in [1.54, 1.807) is 12.1 Å². The van der Waals surface area contributed by atoms with Crippen LogP contribution < -0.4 is 11.1 Å². The standard InChI is InChI=1S/C18H19N3O5/c22-15-16(23)20-12-7-10(5-6-11(12)19-15)17(24)21-13-4-2-1-3-9(13)8-14(21)18(25)26/h5-7,9,13-14H,1-4,8H2,(H,19,22)(H,20,23)(H,25,26). The van der Waals surface area contributed by atoms with E-state index >= 15 is 0 Å². The molecule has 0 bridgehead atoms. The second kappa shape index (κ2) is 6.12. The molecule has 8 nitrogen and oxygen atoms in total. The molecule has 2 heterocycles. The molecule has 2 aliphatic rings. The van der Waals surface area contributed by atoms with Gasteiger partial charge in [0.05, 0.1) is 11.0 Å². The molecule has 1 saturated carbocycles. The van der Waals surface area contributed by atoms with Gasteiger partial charge in [-0.1, -0.05) is 12.8 Å². The topological polar surface area (TPSA) is 123 Å². The number of nitrogens with one attached hydrogen (secondary N) is 2. The first-order valence-corrected chi connectivity index (χ1v) is 8.77. The first-order chi connectivity index (χ1) is 12.5. The zero-order valence-electron chi connectivity index (χ0n) is 14.0. The van der Waals surface area contributed by atoms with Crippen LogP contribution >= 0.6 is 0 Å². The molecule has 26 heavy (non-hydrogen) atoms. The summed E-state index contributed by atoms with van der Waals surface area (Å²) in [6, 6.07) is 3.71. The number of carboxylic acid groups (broad SMARTS) is 1. The van der Waals surface area contributed by atoms with E-state index in [4.69, 9.17) is 0 Å². The summed E-state index contributed by atoms with van der Waals surface area (Å²) in [6.07, 6.45) is 4.32. The van der Waals surface area contributed by atoms with Crippen molar-refractivity contribution in [1.29, 1.82) is 0 Å². The molecule has 2 aromatic rings. The maximum atomic E-state index is 13.1. The van der Waals surface area contributed by atoms with E-state index in [0.717, 1.165) is 25.7 Å². The van der Waals surface area contributed by atoms with Gasteiger partial charge in [-0.25, -0.2) is 4.79 Å². The lowest BCUT2D eigenvalue weighted by atomic mass is 9.84. The quantitative estimate of drug-likeness (QED) is 0.694. The van der Waals surface area contributed by atoms with Crippen molar-refractivity contribution in [1.82, 2.24) is 14.9 Å². The van der Waals surface area contributed by atoms with Gasteiger partial charge in [-0.2, -0.15) is 0 Å². The number of aromatic nitrogens is 2. The monoisotopic (exact) mass is 357 g/mol. The predicted molar refractivity (Wildman–Crippen MR) is 93.1 cm³/mol. The highest BCUT2D eigenvalue weighted by atomic mass is 16.4. The lowest BCUT2D eigenvalue weighted by Crippen LogP contribution is -2.46. The van der Waals surface area contributed by atoms with E-state index in [1.165, 1.54) is 11.0 Å². The maximum absolute atomic E-state index is 13.1. The maximum Gasteiger partial charge on any atom is 0.326 e. The largest absolute Gasteiger partial charge is 0.480 e. The number of aromatic amines is 2. The van der Waals surface area contributed by atoms with Gasteiger partial charge in [0, 0.05) is 11.6 Å². The van der Waals surface area contributed by atoms with E-state index < -0.39 is 23.1 Å². The van der Waals surface area contributed by atoms with Crippen LogP contribution in [-0.2, 0) is 4.79 Å². The van der Waals surface area contributed by atoms with E-state index in [0.29, 0.717) is 23.0 Å². The normalized spacial score (nSPS) is 25.2. The minimum absolute atomic E-state index is 0.0531. The van der Waals surface area contributed by atoms with Gasteiger partial charge < -0.3 is 20.0 Å². The molecule has 8 heteroatoms. The Morgan fingerprint density at radius 3 is 2.46 bits per heavy atom. The number of hydrogen-bond acceptors (Lipinski definition) is 4. The Hall–Kier alpha value is -2.90. The van der Waals surface area contributed by atoms with Crippen LogP contribution in [0.2, 0.25) is 0 Å². The van der Waals surface area contributed by atoms with Crippen LogP contribution in [0, 0.1) is 5.92 Å². The first-order valence-electron chi connectivity index (χ1n) is 8.77. The Bertz CT molecular complexity index is 1010. The Morgan fingerprint density at radius 1 is 1.04 bits per heavy atom. The fraction of sp³-hybridized carbons (Fsp3) is 0.444. The first kappa shape index (κ1) is 16.6. The average molecular weight is 357 g/mol. The number of H-pyrrole nitrogens is 2. The molecule has 1 amide bonds. The number of benzene rings is 1. The van der Waals surface area contributed by atoms with Gasteiger partial charge in [0.2, 0.25) is 0 Å². The highest BCUT2D eigenvalue weighted by molar-refractivity contribution is 5.99. The molecule has 3 unspecified atom stereocenters. The van der Waals surface area contributed by atoms with Gasteiger partial charge in [-0.15, -0.1) is 0 Å². The number of fused-ring (bicyclic) bond motifs is 2. The van der Waals surface area contributed by atoms with Crippen molar-refractivity contribution in [2.24, 2.45) is 5.92 Å². The van der Waals surface area contributed by atoms with Gasteiger partial charge >= 0.3 is 17.1 Å². The van der Waals surface area contributed by atoms with Crippen molar-refractivity contribution in [3.8, 4) is 0 Å². The summed E-state index contributed by atoms with van der Waals surface area (Å²) in [4.78, 5) is 54.1. The Kier molecular flexibility index (Phi) is 3.90. The van der Waals surface area contributed by atoms with Crippen molar-refractivity contribution in [2.45, 2.75) is 44.2 Å². The Morgan fingerprint density at radius 2 is 1.73 bits per heavy atom. The van der Waals surface area contributed by atoms with Crippen LogP contribution in [0.1, 0.15) is 42.5 Å². The van der Waals surface area contributed by atoms with E-state index in [-0.39, 0.29) is 17.9 Å². The predicted octanol–water partition coefficient (Wildman–Crippen LogP) is 1.07. The van der Waals surface area contributed by atoms with Crippen molar-refractivity contribution in [3.05, 3.63) is 44.5 Å². The molecule has 1 aromatic heterocycles. The lowest BCUT2D eigenvalue weighted by molar-refractivity contribution is -0.141. The fourth-order valence-electron chi connectivity index (χ4n) is 4.37. The van der Waals surface area contributed by atoms with Crippen LogP contribution in [0.25, 0.3) is 11.0 Å². The van der Waals surface area contributed by atoms with Crippen LogP contribution in [0.5, 0.6) is 0 Å². The smallest absolute Gasteiger partial charge is 0.326 e. The molecule has 136 valence electrons. The zero-order valence-corrected chi connectivity index (χ0v) is 14.0. The second-order valence-electron chi connectivity index (χ2n) is 7.08. The van der Waals surface area contributed by atoms with Gasteiger partial charge in [0.25, 0.3) is 5.91 Å². The molecule has 1 aromatic carbocycles. The third kappa shape index (κ3) is 2.61. The lowest BCUT2D eigenvalue weighted by Gasteiger charge is -2.33. The number of hydrogen-bond donors (Lipinski definition) is 3. The molecular formula is C18H19N3O5. The van der Waals surface area contributed by atoms with Crippen molar-refractivity contribution in [2.75, 3.05) is 0 Å². The average Bonchev–Trinajstić information content (AvgIpc) is 3.01.